The molecule has 0 unspecified atom stereocenters. The molecule has 14 heavy (non-hydrogen) atoms. The monoisotopic (exact) mass is 256 g/mol. The van der Waals surface area contributed by atoms with E-state index in [1.807, 2.05) is 12.1 Å². The van der Waals surface area contributed by atoms with Gasteiger partial charge in [-0.25, -0.2) is 0 Å². The number of aliphatic hydroxyl groups is 1. The van der Waals surface area contributed by atoms with Gasteiger partial charge < -0.3 is 9.84 Å². The molecule has 3 heteroatoms. The van der Waals surface area contributed by atoms with Crippen LogP contribution in [0.5, 0.6) is 0 Å². The number of hydrogen-bond donors (Lipinski definition) is 1. The Labute approximate surface area is 92.0 Å². The summed E-state index contributed by atoms with van der Waals surface area (Å²) in [5, 5.41) is 9.26. The van der Waals surface area contributed by atoms with E-state index in [1.54, 1.807) is 0 Å². The minimum atomic E-state index is -0.0200. The fraction of sp³-hybridized carbons (Fsp3) is 0.455. The normalized spacial score (nSPS) is 19.0. The molecule has 1 saturated heterocycles. The van der Waals surface area contributed by atoms with Crippen molar-refractivity contribution < 1.29 is 9.84 Å². The zero-order valence-electron chi connectivity index (χ0n) is 7.87. The van der Waals surface area contributed by atoms with Gasteiger partial charge in [-0.3, -0.25) is 0 Å². The highest BCUT2D eigenvalue weighted by Crippen LogP contribution is 2.31. The van der Waals surface area contributed by atoms with E-state index >= 15 is 0 Å². The van der Waals surface area contributed by atoms with E-state index in [2.05, 4.69) is 28.1 Å². The molecular formula is C11H13BrO2. The Morgan fingerprint density at radius 1 is 1.29 bits per heavy atom. The second-order valence-corrected chi connectivity index (χ2v) is 4.87. The van der Waals surface area contributed by atoms with Crippen LogP contribution in [0, 0.1) is 5.41 Å². The summed E-state index contributed by atoms with van der Waals surface area (Å²) < 4.78 is 6.24. The van der Waals surface area contributed by atoms with E-state index in [-0.39, 0.29) is 12.0 Å². The number of benzene rings is 1. The highest BCUT2D eigenvalue weighted by Gasteiger charge is 2.37. The molecule has 0 aromatic heterocycles. The maximum absolute atomic E-state index is 9.26. The third-order valence-corrected chi connectivity index (χ3v) is 3.17. The van der Waals surface area contributed by atoms with Gasteiger partial charge in [-0.1, -0.05) is 28.1 Å². The van der Waals surface area contributed by atoms with Crippen molar-refractivity contribution in [2.45, 2.75) is 6.42 Å². The predicted molar refractivity (Wildman–Crippen MR) is 58.2 cm³/mol. The molecule has 0 bridgehead atoms. The number of halogens is 1. The third kappa shape index (κ3) is 2.00. The van der Waals surface area contributed by atoms with Crippen molar-refractivity contribution in [2.24, 2.45) is 5.41 Å². The van der Waals surface area contributed by atoms with Crippen LogP contribution in [-0.2, 0) is 11.2 Å². The van der Waals surface area contributed by atoms with Gasteiger partial charge in [0.15, 0.2) is 0 Å². The van der Waals surface area contributed by atoms with E-state index in [0.29, 0.717) is 13.2 Å². The summed E-state index contributed by atoms with van der Waals surface area (Å²) in [5.41, 5.74) is 1.24. The molecule has 76 valence electrons. The molecule has 1 aromatic carbocycles. The van der Waals surface area contributed by atoms with Crippen LogP contribution < -0.4 is 0 Å². The number of rotatable bonds is 3. The van der Waals surface area contributed by atoms with Crippen molar-refractivity contribution in [3.8, 4) is 0 Å². The van der Waals surface area contributed by atoms with Crippen molar-refractivity contribution >= 4 is 15.9 Å². The zero-order valence-corrected chi connectivity index (χ0v) is 9.46. The van der Waals surface area contributed by atoms with Crippen LogP contribution in [0.25, 0.3) is 0 Å². The minimum Gasteiger partial charge on any atom is -0.396 e. The lowest BCUT2D eigenvalue weighted by Crippen LogP contribution is -2.47. The Bertz CT molecular complexity index is 298. The summed E-state index contributed by atoms with van der Waals surface area (Å²) in [6.45, 7) is 1.57. The summed E-state index contributed by atoms with van der Waals surface area (Å²) in [7, 11) is 0. The zero-order chi connectivity index (χ0) is 10.0. The molecule has 2 nitrogen and oxygen atoms in total. The fourth-order valence-electron chi connectivity index (χ4n) is 1.68. The standard InChI is InChI=1S/C11H13BrO2/c12-10-3-1-9(2-4-10)5-11(6-13)7-14-8-11/h1-4,13H,5-8H2. The Balaban J connectivity index is 2.06. The predicted octanol–water partition coefficient (Wildman–Crippen LogP) is 2.00. The summed E-state index contributed by atoms with van der Waals surface area (Å²) in [4.78, 5) is 0. The number of hydrogen-bond acceptors (Lipinski definition) is 2. The van der Waals surface area contributed by atoms with Crippen molar-refractivity contribution in [3.63, 3.8) is 0 Å². The highest BCUT2D eigenvalue weighted by atomic mass is 79.9. The summed E-state index contributed by atoms with van der Waals surface area (Å²) in [5.74, 6) is 0. The van der Waals surface area contributed by atoms with E-state index in [0.717, 1.165) is 10.9 Å². The first-order chi connectivity index (χ1) is 6.74. The van der Waals surface area contributed by atoms with Crippen molar-refractivity contribution in [1.29, 1.82) is 0 Å². The molecule has 1 fully saturated rings. The van der Waals surface area contributed by atoms with Crippen LogP contribution >= 0.6 is 15.9 Å². The molecule has 0 amide bonds. The third-order valence-electron chi connectivity index (χ3n) is 2.64. The largest absolute Gasteiger partial charge is 0.396 e. The minimum absolute atomic E-state index is 0.0200. The topological polar surface area (TPSA) is 29.5 Å². The number of ether oxygens (including phenoxy) is 1. The maximum atomic E-state index is 9.26. The van der Waals surface area contributed by atoms with Gasteiger partial charge in [0.1, 0.15) is 0 Å². The fourth-order valence-corrected chi connectivity index (χ4v) is 1.94. The Kier molecular flexibility index (Phi) is 2.91. The van der Waals surface area contributed by atoms with Gasteiger partial charge in [0.25, 0.3) is 0 Å². The van der Waals surface area contributed by atoms with E-state index in [4.69, 9.17) is 4.74 Å². The van der Waals surface area contributed by atoms with Gasteiger partial charge in [0, 0.05) is 9.89 Å². The summed E-state index contributed by atoms with van der Waals surface area (Å²) in [6.07, 6.45) is 0.900. The van der Waals surface area contributed by atoms with Gasteiger partial charge >= 0.3 is 0 Å². The summed E-state index contributed by atoms with van der Waals surface area (Å²) >= 11 is 3.40. The molecule has 1 aliphatic heterocycles. The van der Waals surface area contributed by atoms with E-state index < -0.39 is 0 Å². The molecule has 0 saturated carbocycles. The molecule has 0 atom stereocenters. The average molecular weight is 257 g/mol. The molecule has 1 N–H and O–H groups in total. The smallest absolute Gasteiger partial charge is 0.0570 e. The molecule has 1 heterocycles. The maximum Gasteiger partial charge on any atom is 0.0570 e. The number of aliphatic hydroxyl groups excluding tert-OH is 1. The lowest BCUT2D eigenvalue weighted by molar-refractivity contribution is -0.136. The van der Waals surface area contributed by atoms with E-state index in [1.165, 1.54) is 5.56 Å². The first kappa shape index (κ1) is 10.1. The molecule has 0 radical (unpaired) electrons. The quantitative estimate of drug-likeness (QED) is 0.897. The molecule has 1 aromatic rings. The van der Waals surface area contributed by atoms with Crippen LogP contribution in [0.2, 0.25) is 0 Å². The van der Waals surface area contributed by atoms with Crippen LogP contribution in [0.1, 0.15) is 5.56 Å². The van der Waals surface area contributed by atoms with Gasteiger partial charge in [-0.2, -0.15) is 0 Å². The van der Waals surface area contributed by atoms with E-state index in [9.17, 15) is 5.11 Å². The first-order valence-electron chi connectivity index (χ1n) is 4.67. The Morgan fingerprint density at radius 2 is 1.93 bits per heavy atom. The second kappa shape index (κ2) is 4.01. The van der Waals surface area contributed by atoms with Crippen LogP contribution in [-0.4, -0.2) is 24.9 Å². The Morgan fingerprint density at radius 3 is 2.36 bits per heavy atom. The molecule has 1 aliphatic rings. The molecule has 2 rings (SSSR count). The van der Waals surface area contributed by atoms with Gasteiger partial charge in [-0.15, -0.1) is 0 Å². The lowest BCUT2D eigenvalue weighted by atomic mass is 9.81. The lowest BCUT2D eigenvalue weighted by Gasteiger charge is -2.40. The van der Waals surface area contributed by atoms with Gasteiger partial charge in [0.05, 0.1) is 19.8 Å². The van der Waals surface area contributed by atoms with Crippen molar-refractivity contribution in [1.82, 2.24) is 0 Å². The van der Waals surface area contributed by atoms with Gasteiger partial charge in [-0.05, 0) is 24.1 Å². The van der Waals surface area contributed by atoms with Crippen LogP contribution in [0.3, 0.4) is 0 Å². The molecule has 0 aliphatic carbocycles. The van der Waals surface area contributed by atoms with Gasteiger partial charge in [0.2, 0.25) is 0 Å². The highest BCUT2D eigenvalue weighted by molar-refractivity contribution is 9.10. The Hall–Kier alpha value is -0.380. The van der Waals surface area contributed by atoms with Crippen LogP contribution in [0.4, 0.5) is 0 Å². The van der Waals surface area contributed by atoms with Crippen molar-refractivity contribution in [2.75, 3.05) is 19.8 Å². The molecule has 0 spiro atoms. The first-order valence-corrected chi connectivity index (χ1v) is 5.46. The SMILES string of the molecule is OCC1(Cc2ccc(Br)cc2)COC1. The molecular weight excluding hydrogens is 244 g/mol. The van der Waals surface area contributed by atoms with Crippen LogP contribution in [0.15, 0.2) is 28.7 Å². The van der Waals surface area contributed by atoms with Crippen molar-refractivity contribution in [3.05, 3.63) is 34.3 Å². The summed E-state index contributed by atoms with van der Waals surface area (Å²) in [6, 6.07) is 8.22. The average Bonchev–Trinajstić information content (AvgIpc) is 2.15. The second-order valence-electron chi connectivity index (χ2n) is 3.95.